The lowest BCUT2D eigenvalue weighted by Gasteiger charge is -2.42. The summed E-state index contributed by atoms with van der Waals surface area (Å²) < 4.78 is 0. The van der Waals surface area contributed by atoms with Gasteiger partial charge in [0, 0.05) is 17.4 Å². The van der Waals surface area contributed by atoms with Gasteiger partial charge < -0.3 is 4.90 Å². The first-order valence-corrected chi connectivity index (χ1v) is 5.88. The van der Waals surface area contributed by atoms with Gasteiger partial charge in [-0.15, -0.1) is 10.5 Å². The molecule has 13 heavy (non-hydrogen) atoms. The van der Waals surface area contributed by atoms with E-state index in [0.717, 1.165) is 12.2 Å². The number of carbonyl (C=O) groups excluding carboxylic acids is 1. The van der Waals surface area contributed by atoms with E-state index in [2.05, 4.69) is 16.5 Å². The number of rotatable bonds is 1. The lowest BCUT2D eigenvalue weighted by Crippen LogP contribution is -2.49. The molecule has 0 bridgehead atoms. The number of fused-ring (bicyclic) bond motifs is 1. The largest absolute Gasteiger partial charge is 0.307 e. The molecule has 2 heterocycles. The van der Waals surface area contributed by atoms with E-state index in [0.29, 0.717) is 5.37 Å². The van der Waals surface area contributed by atoms with Crippen molar-refractivity contribution in [2.75, 3.05) is 19.8 Å². The molecule has 2 aliphatic rings. The molecule has 0 aliphatic carbocycles. The van der Waals surface area contributed by atoms with Crippen LogP contribution in [0.3, 0.4) is 0 Å². The summed E-state index contributed by atoms with van der Waals surface area (Å²) in [7, 11) is 4.31. The van der Waals surface area contributed by atoms with Crippen molar-refractivity contribution in [3.8, 4) is 0 Å². The first-order valence-electron chi connectivity index (χ1n) is 4.36. The Morgan fingerprint density at radius 3 is 3.08 bits per heavy atom. The molecule has 3 nitrogen and oxygen atoms in total. The number of β-lactam (4-membered cyclic amide) rings is 1. The van der Waals surface area contributed by atoms with Crippen LogP contribution in [0.15, 0.2) is 12.3 Å². The van der Waals surface area contributed by atoms with Crippen LogP contribution in [0.25, 0.3) is 0 Å². The van der Waals surface area contributed by atoms with Crippen molar-refractivity contribution >= 4 is 21.9 Å². The average molecular weight is 198 g/mol. The minimum Gasteiger partial charge on any atom is -0.307 e. The Morgan fingerprint density at radius 1 is 1.69 bits per heavy atom. The smallest absolute Gasteiger partial charge is 0.230 e. The average Bonchev–Trinajstić information content (AvgIpc) is 2.05. The lowest BCUT2D eigenvalue weighted by molar-refractivity contribution is -0.137. The van der Waals surface area contributed by atoms with E-state index in [9.17, 15) is 4.79 Å². The highest BCUT2D eigenvalue weighted by molar-refractivity contribution is 8.15. The van der Waals surface area contributed by atoms with Crippen molar-refractivity contribution in [2.45, 2.75) is 11.8 Å². The fourth-order valence-corrected chi connectivity index (χ4v) is 3.73. The molecule has 2 aliphatic heterocycles. The highest BCUT2D eigenvalue weighted by atomic mass is 32.2. The van der Waals surface area contributed by atoms with Gasteiger partial charge in [0.1, 0.15) is 0 Å². The van der Waals surface area contributed by atoms with Gasteiger partial charge in [0.2, 0.25) is 5.91 Å². The van der Waals surface area contributed by atoms with Crippen LogP contribution >= 0.6 is 10.5 Å². The van der Waals surface area contributed by atoms with Crippen LogP contribution in [-0.2, 0) is 4.79 Å². The summed E-state index contributed by atoms with van der Waals surface area (Å²) in [5, 5.41) is 0.458. The van der Waals surface area contributed by atoms with Crippen LogP contribution < -0.4 is 0 Å². The van der Waals surface area contributed by atoms with Gasteiger partial charge in [-0.25, -0.2) is 0 Å². The van der Waals surface area contributed by atoms with E-state index in [1.807, 2.05) is 25.2 Å². The van der Waals surface area contributed by atoms with Crippen LogP contribution in [0.5, 0.6) is 0 Å². The van der Waals surface area contributed by atoms with Gasteiger partial charge in [-0.05, 0) is 14.1 Å². The molecule has 2 unspecified atom stereocenters. The maximum atomic E-state index is 11.1. The van der Waals surface area contributed by atoms with Gasteiger partial charge in [0.05, 0.1) is 11.8 Å². The second kappa shape index (κ2) is 3.27. The number of amides is 1. The quantitative estimate of drug-likeness (QED) is 0.456. The molecule has 0 aromatic heterocycles. The van der Waals surface area contributed by atoms with Crippen LogP contribution in [0, 0.1) is 0 Å². The molecule has 0 aromatic carbocycles. The highest BCUT2D eigenvalue weighted by Crippen LogP contribution is 2.37. The summed E-state index contributed by atoms with van der Waals surface area (Å²) in [5.74, 6) is 1.36. The molecule has 0 spiro atoms. The van der Waals surface area contributed by atoms with Crippen molar-refractivity contribution < 1.29 is 4.79 Å². The lowest BCUT2D eigenvalue weighted by atomic mass is 10.2. The predicted octanol–water partition coefficient (Wildman–Crippen LogP) is 0.662. The van der Waals surface area contributed by atoms with Crippen LogP contribution in [0.4, 0.5) is 0 Å². The van der Waals surface area contributed by atoms with Gasteiger partial charge in [-0.1, -0.05) is 6.08 Å². The van der Waals surface area contributed by atoms with Crippen molar-refractivity contribution in [3.63, 3.8) is 0 Å². The fraction of sp³-hybridized carbons (Fsp3) is 0.556. The van der Waals surface area contributed by atoms with Crippen molar-refractivity contribution in [2.24, 2.45) is 0 Å². The zero-order valence-corrected chi connectivity index (χ0v) is 8.75. The Labute approximate surface area is 80.9 Å². The predicted molar refractivity (Wildman–Crippen MR) is 56.6 cm³/mol. The maximum Gasteiger partial charge on any atom is 0.230 e. The SMILES string of the molecule is CN(C)/C=S1\CC=CN2C(=O)CC21. The second-order valence-electron chi connectivity index (χ2n) is 3.55. The van der Waals surface area contributed by atoms with E-state index >= 15 is 0 Å². The van der Waals surface area contributed by atoms with Gasteiger partial charge in [-0.3, -0.25) is 9.69 Å². The van der Waals surface area contributed by atoms with Crippen molar-refractivity contribution in [1.82, 2.24) is 9.80 Å². The van der Waals surface area contributed by atoms with Gasteiger partial charge in [0.25, 0.3) is 0 Å². The molecule has 0 N–H and O–H groups in total. The van der Waals surface area contributed by atoms with E-state index in [4.69, 9.17) is 0 Å². The van der Waals surface area contributed by atoms with Crippen molar-refractivity contribution in [3.05, 3.63) is 12.3 Å². The molecule has 4 heteroatoms. The fourth-order valence-electron chi connectivity index (χ4n) is 1.60. The molecular formula is C9H14N2OS. The second-order valence-corrected chi connectivity index (χ2v) is 5.58. The minimum atomic E-state index is 0.236. The normalized spacial score (nSPS) is 32.2. The first kappa shape index (κ1) is 8.97. The Morgan fingerprint density at radius 2 is 2.46 bits per heavy atom. The van der Waals surface area contributed by atoms with E-state index < -0.39 is 0 Å². The summed E-state index contributed by atoms with van der Waals surface area (Å²) in [6.07, 6.45) is 4.76. The van der Waals surface area contributed by atoms with Crippen LogP contribution in [0.2, 0.25) is 0 Å². The summed E-state index contributed by atoms with van der Waals surface area (Å²) in [5.41, 5.74) is 2.23. The Hall–Kier alpha value is -0.610. The van der Waals surface area contributed by atoms with Gasteiger partial charge in [-0.2, -0.15) is 0 Å². The van der Waals surface area contributed by atoms with Gasteiger partial charge in [0.15, 0.2) is 0 Å². The van der Waals surface area contributed by atoms with Crippen LogP contribution in [0.1, 0.15) is 6.42 Å². The third kappa shape index (κ3) is 1.56. The summed E-state index contributed by atoms with van der Waals surface area (Å²) in [6, 6.07) is 0. The first-order chi connectivity index (χ1) is 6.18. The minimum absolute atomic E-state index is 0.236. The monoisotopic (exact) mass is 198 g/mol. The molecule has 0 aromatic rings. The number of hydrogen-bond donors (Lipinski definition) is 0. The third-order valence-electron chi connectivity index (χ3n) is 2.20. The Balaban J connectivity index is 2.17. The van der Waals surface area contributed by atoms with Gasteiger partial charge >= 0.3 is 0 Å². The molecule has 1 amide bonds. The molecule has 1 fully saturated rings. The van der Waals surface area contributed by atoms with E-state index in [1.54, 1.807) is 0 Å². The zero-order valence-electron chi connectivity index (χ0n) is 7.93. The third-order valence-corrected chi connectivity index (χ3v) is 4.56. The molecule has 2 atom stereocenters. The highest BCUT2D eigenvalue weighted by Gasteiger charge is 2.37. The molecule has 1 saturated heterocycles. The summed E-state index contributed by atoms with van der Waals surface area (Å²) in [6.45, 7) is 0. The number of hydrogen-bond acceptors (Lipinski definition) is 1. The zero-order chi connectivity index (χ0) is 9.42. The topological polar surface area (TPSA) is 23.6 Å². The molecular weight excluding hydrogens is 184 g/mol. The number of nitrogens with zero attached hydrogens (tertiary/aromatic N) is 2. The summed E-state index contributed by atoms with van der Waals surface area (Å²) in [4.78, 5) is 15.1. The Bertz CT molecular complexity index is 296. The van der Waals surface area contributed by atoms with Crippen molar-refractivity contribution in [1.29, 1.82) is 0 Å². The van der Waals surface area contributed by atoms with E-state index in [-0.39, 0.29) is 16.4 Å². The Kier molecular flexibility index (Phi) is 2.26. The number of carbonyl (C=O) groups is 1. The molecule has 0 radical (unpaired) electrons. The molecule has 2 rings (SSSR count). The molecule has 72 valence electrons. The maximum absolute atomic E-state index is 11.1. The van der Waals surface area contributed by atoms with E-state index in [1.165, 1.54) is 0 Å². The molecule has 0 saturated carbocycles. The van der Waals surface area contributed by atoms with Crippen LogP contribution in [-0.4, -0.2) is 46.4 Å². The summed E-state index contributed by atoms with van der Waals surface area (Å²) >= 11 is 0. The standard InChI is InChI=1S/C9H14N2OS/c1-10(2)7-13-5-3-4-11-8(12)6-9(11)13/h3-4,7,9H,5-6H2,1-2H3.